The van der Waals surface area contributed by atoms with Crippen molar-refractivity contribution in [2.24, 2.45) is 5.92 Å². The maximum absolute atomic E-state index is 13.5. The summed E-state index contributed by atoms with van der Waals surface area (Å²) in [6, 6.07) is 5.69. The van der Waals surface area contributed by atoms with Crippen molar-refractivity contribution in [1.82, 2.24) is 20.2 Å². The number of benzene rings is 1. The molecule has 0 aliphatic carbocycles. The lowest BCUT2D eigenvalue weighted by atomic mass is 10.1. The van der Waals surface area contributed by atoms with Gasteiger partial charge in [0.15, 0.2) is 11.6 Å². The van der Waals surface area contributed by atoms with E-state index in [1.54, 1.807) is 24.5 Å². The zero-order valence-corrected chi connectivity index (χ0v) is 16.1. The van der Waals surface area contributed by atoms with Crippen molar-refractivity contribution in [2.75, 3.05) is 55.6 Å². The van der Waals surface area contributed by atoms with Gasteiger partial charge in [-0.1, -0.05) is 0 Å². The number of nitrogens with zero attached hydrogens (tertiary/aromatic N) is 5. The molecule has 1 aromatic carbocycles. The van der Waals surface area contributed by atoms with Crippen LogP contribution in [0.15, 0.2) is 36.7 Å². The average molecular weight is 402 g/mol. The van der Waals surface area contributed by atoms with E-state index >= 15 is 0 Å². The molecule has 4 rings (SSSR count). The molecule has 0 radical (unpaired) electrons. The van der Waals surface area contributed by atoms with Gasteiger partial charge in [0.2, 0.25) is 5.95 Å². The Morgan fingerprint density at radius 2 is 1.79 bits per heavy atom. The second-order valence-electron chi connectivity index (χ2n) is 7.41. The number of halogens is 2. The Labute approximate surface area is 168 Å². The van der Waals surface area contributed by atoms with E-state index in [1.807, 2.05) is 9.80 Å². The van der Waals surface area contributed by atoms with Gasteiger partial charge in [0.1, 0.15) is 0 Å². The van der Waals surface area contributed by atoms with E-state index in [4.69, 9.17) is 0 Å². The molecule has 2 aromatic rings. The number of aromatic nitrogens is 2. The molecule has 3 heterocycles. The van der Waals surface area contributed by atoms with Crippen LogP contribution in [0.2, 0.25) is 0 Å². The van der Waals surface area contributed by atoms with Crippen molar-refractivity contribution < 1.29 is 13.6 Å². The molecule has 9 heteroatoms. The van der Waals surface area contributed by atoms with Crippen molar-refractivity contribution in [3.05, 3.63) is 48.3 Å². The summed E-state index contributed by atoms with van der Waals surface area (Å²) in [5, 5.41) is 3.02. The highest BCUT2D eigenvalue weighted by Crippen LogP contribution is 2.25. The van der Waals surface area contributed by atoms with Crippen molar-refractivity contribution in [3.63, 3.8) is 0 Å². The summed E-state index contributed by atoms with van der Waals surface area (Å²) < 4.78 is 26.6. The lowest BCUT2D eigenvalue weighted by Crippen LogP contribution is -2.52. The lowest BCUT2D eigenvalue weighted by Gasteiger charge is -2.34. The fourth-order valence-corrected chi connectivity index (χ4v) is 3.82. The monoisotopic (exact) mass is 402 g/mol. The molecule has 2 fully saturated rings. The van der Waals surface area contributed by atoms with E-state index in [0.29, 0.717) is 50.9 Å². The van der Waals surface area contributed by atoms with Gasteiger partial charge in [-0.2, -0.15) is 0 Å². The number of rotatable bonds is 4. The summed E-state index contributed by atoms with van der Waals surface area (Å²) in [7, 11) is 0. The Balaban J connectivity index is 1.22. The summed E-state index contributed by atoms with van der Waals surface area (Å²) >= 11 is 0. The number of anilines is 2. The first-order valence-corrected chi connectivity index (χ1v) is 9.85. The largest absolute Gasteiger partial charge is 0.371 e. The molecule has 29 heavy (non-hydrogen) atoms. The molecule has 2 aliphatic heterocycles. The summed E-state index contributed by atoms with van der Waals surface area (Å²) in [6.45, 7) is 4.69. The first-order chi connectivity index (χ1) is 14.1. The number of carbonyl (C=O) groups excluding carboxylic acids is 1. The van der Waals surface area contributed by atoms with Gasteiger partial charge in [-0.3, -0.25) is 0 Å². The highest BCUT2D eigenvalue weighted by Gasteiger charge is 2.26. The minimum atomic E-state index is -0.837. The third kappa shape index (κ3) is 4.55. The number of urea groups is 1. The molecule has 154 valence electrons. The number of nitrogens with one attached hydrogen (secondary N) is 1. The predicted octanol–water partition coefficient (Wildman–Crippen LogP) is 2.11. The van der Waals surface area contributed by atoms with Crippen molar-refractivity contribution in [1.29, 1.82) is 0 Å². The van der Waals surface area contributed by atoms with Gasteiger partial charge in [-0.25, -0.2) is 23.5 Å². The molecule has 0 bridgehead atoms. The summed E-state index contributed by atoms with van der Waals surface area (Å²) in [5.41, 5.74) is 0.678. The van der Waals surface area contributed by atoms with Crippen molar-refractivity contribution in [2.45, 2.75) is 6.42 Å². The maximum atomic E-state index is 13.5. The maximum Gasteiger partial charge on any atom is 0.317 e. The van der Waals surface area contributed by atoms with Crippen LogP contribution in [0.25, 0.3) is 0 Å². The Hall–Kier alpha value is -2.97. The van der Waals surface area contributed by atoms with Crippen LogP contribution in [0.4, 0.5) is 25.2 Å². The van der Waals surface area contributed by atoms with Crippen LogP contribution >= 0.6 is 0 Å². The van der Waals surface area contributed by atoms with Gasteiger partial charge in [0.25, 0.3) is 0 Å². The SMILES string of the molecule is O=C(NCC1CCN(c2ccc(F)c(F)c2)C1)N1CCN(c2ncccn2)CC1. The van der Waals surface area contributed by atoms with Crippen LogP contribution in [-0.4, -0.2) is 66.7 Å². The first kappa shape index (κ1) is 19.4. The van der Waals surface area contributed by atoms with E-state index < -0.39 is 11.6 Å². The molecule has 0 saturated carbocycles. The third-order valence-corrected chi connectivity index (χ3v) is 5.50. The number of carbonyl (C=O) groups is 1. The molecule has 1 unspecified atom stereocenters. The summed E-state index contributed by atoms with van der Waals surface area (Å²) in [4.78, 5) is 26.9. The second kappa shape index (κ2) is 8.59. The molecule has 2 amide bonds. The quantitative estimate of drug-likeness (QED) is 0.849. The van der Waals surface area contributed by atoms with Gasteiger partial charge in [-0.15, -0.1) is 0 Å². The molecule has 1 aromatic heterocycles. The smallest absolute Gasteiger partial charge is 0.317 e. The number of hydrogen-bond acceptors (Lipinski definition) is 5. The zero-order chi connectivity index (χ0) is 20.2. The lowest BCUT2D eigenvalue weighted by molar-refractivity contribution is 0.192. The van der Waals surface area contributed by atoms with Gasteiger partial charge < -0.3 is 20.0 Å². The third-order valence-electron chi connectivity index (χ3n) is 5.50. The van der Waals surface area contributed by atoms with Crippen LogP contribution in [0.3, 0.4) is 0 Å². The Kier molecular flexibility index (Phi) is 5.73. The topological polar surface area (TPSA) is 64.6 Å². The first-order valence-electron chi connectivity index (χ1n) is 9.85. The zero-order valence-electron chi connectivity index (χ0n) is 16.1. The molecular formula is C20H24F2N6O. The molecule has 7 nitrogen and oxygen atoms in total. The van der Waals surface area contributed by atoms with E-state index in [9.17, 15) is 13.6 Å². The van der Waals surface area contributed by atoms with E-state index in [2.05, 4.69) is 20.2 Å². The van der Waals surface area contributed by atoms with Gasteiger partial charge >= 0.3 is 6.03 Å². The standard InChI is InChI=1S/C20H24F2N6O/c21-17-3-2-16(12-18(17)22)28-7-4-15(14-28)13-25-20(29)27-10-8-26(9-11-27)19-23-5-1-6-24-19/h1-3,5-6,12,15H,4,7-11,13-14H2,(H,25,29). The Bertz CT molecular complexity index is 844. The Morgan fingerprint density at radius 1 is 1.03 bits per heavy atom. The van der Waals surface area contributed by atoms with Crippen LogP contribution in [0, 0.1) is 17.6 Å². The normalized spacial score (nSPS) is 19.5. The highest BCUT2D eigenvalue weighted by atomic mass is 19.2. The fraction of sp³-hybridized carbons (Fsp3) is 0.450. The Morgan fingerprint density at radius 3 is 2.52 bits per heavy atom. The molecule has 2 saturated heterocycles. The van der Waals surface area contributed by atoms with Gasteiger partial charge in [0, 0.05) is 70.0 Å². The summed E-state index contributed by atoms with van der Waals surface area (Å²) in [6.07, 6.45) is 4.33. The molecule has 0 spiro atoms. The molecule has 2 aliphatic rings. The van der Waals surface area contributed by atoms with E-state index in [1.165, 1.54) is 6.07 Å². The van der Waals surface area contributed by atoms with Crippen molar-refractivity contribution >= 4 is 17.7 Å². The summed E-state index contributed by atoms with van der Waals surface area (Å²) in [5.74, 6) is -0.697. The van der Waals surface area contributed by atoms with E-state index in [-0.39, 0.29) is 11.9 Å². The van der Waals surface area contributed by atoms with E-state index in [0.717, 1.165) is 19.0 Å². The number of hydrogen-bond donors (Lipinski definition) is 1. The van der Waals surface area contributed by atoms with Crippen LogP contribution in [-0.2, 0) is 0 Å². The highest BCUT2D eigenvalue weighted by molar-refractivity contribution is 5.74. The molecule has 1 atom stereocenters. The minimum Gasteiger partial charge on any atom is -0.371 e. The molecular weight excluding hydrogens is 378 g/mol. The van der Waals surface area contributed by atoms with Gasteiger partial charge in [-0.05, 0) is 30.5 Å². The minimum absolute atomic E-state index is 0.0649. The second-order valence-corrected chi connectivity index (χ2v) is 7.41. The number of amides is 2. The van der Waals surface area contributed by atoms with Crippen LogP contribution in [0.1, 0.15) is 6.42 Å². The molecule has 1 N–H and O–H groups in total. The average Bonchev–Trinajstić information content (AvgIpc) is 3.24. The van der Waals surface area contributed by atoms with Crippen LogP contribution < -0.4 is 15.1 Å². The van der Waals surface area contributed by atoms with Gasteiger partial charge in [0.05, 0.1) is 0 Å². The predicted molar refractivity (Wildman–Crippen MR) is 106 cm³/mol. The van der Waals surface area contributed by atoms with Crippen LogP contribution in [0.5, 0.6) is 0 Å². The fourth-order valence-electron chi connectivity index (χ4n) is 3.82. The van der Waals surface area contributed by atoms with Crippen molar-refractivity contribution in [3.8, 4) is 0 Å². The number of piperazine rings is 1.